The first-order valence-electron chi connectivity index (χ1n) is 10.3. The lowest BCUT2D eigenvalue weighted by Crippen LogP contribution is -2.16. The van der Waals surface area contributed by atoms with Gasteiger partial charge in [-0.25, -0.2) is 9.78 Å². The Morgan fingerprint density at radius 2 is 1.79 bits per heavy atom. The fourth-order valence-corrected chi connectivity index (χ4v) is 3.73. The molecule has 3 aromatic heterocycles. The number of aromatic nitrogens is 2. The highest BCUT2D eigenvalue weighted by Crippen LogP contribution is 2.27. The number of carbonyl (C=O) groups is 1. The SMILES string of the molecule is Cc1c(-c2ccccc2)oc2c(C(=O)OCc3cc(=O)n4ccccc4n3)cccc2c1=O. The maximum absolute atomic E-state index is 13.0. The van der Waals surface area contributed by atoms with Gasteiger partial charge in [0.15, 0.2) is 11.0 Å². The molecule has 0 atom stereocenters. The third kappa shape index (κ3) is 3.70. The number of esters is 1. The molecular weight excluding hydrogens is 420 g/mol. The summed E-state index contributed by atoms with van der Waals surface area (Å²) in [5, 5.41) is 0.295. The standard InChI is InChI=1S/C26H18N2O5/c1-16-23(30)19-10-7-11-20(25(19)33-24(16)17-8-3-2-4-9-17)26(31)32-15-18-14-22(29)28-13-6-5-12-21(28)27-18/h2-14H,15H2,1H3. The van der Waals surface area contributed by atoms with E-state index in [0.717, 1.165) is 5.56 Å². The van der Waals surface area contributed by atoms with Crippen LogP contribution in [0.15, 0.2) is 93.0 Å². The van der Waals surface area contributed by atoms with Crippen LogP contribution in [-0.4, -0.2) is 15.4 Å². The van der Waals surface area contributed by atoms with Gasteiger partial charge in [0.2, 0.25) is 0 Å². The average molecular weight is 438 g/mol. The van der Waals surface area contributed by atoms with Crippen molar-refractivity contribution >= 4 is 22.6 Å². The van der Waals surface area contributed by atoms with Crippen molar-refractivity contribution in [3.63, 3.8) is 0 Å². The summed E-state index contributed by atoms with van der Waals surface area (Å²) in [6.07, 6.45) is 1.62. The van der Waals surface area contributed by atoms with Crippen molar-refractivity contribution in [1.82, 2.24) is 9.38 Å². The number of fused-ring (bicyclic) bond motifs is 2. The van der Waals surface area contributed by atoms with Crippen LogP contribution in [0.1, 0.15) is 21.6 Å². The second-order valence-electron chi connectivity index (χ2n) is 7.52. The van der Waals surface area contributed by atoms with E-state index in [4.69, 9.17) is 9.15 Å². The van der Waals surface area contributed by atoms with Gasteiger partial charge in [0.25, 0.3) is 5.56 Å². The molecule has 0 aliphatic rings. The molecule has 0 amide bonds. The summed E-state index contributed by atoms with van der Waals surface area (Å²) < 4.78 is 12.9. The number of benzene rings is 2. The van der Waals surface area contributed by atoms with Crippen LogP contribution in [0.25, 0.3) is 27.9 Å². The molecule has 7 heteroatoms. The summed E-state index contributed by atoms with van der Waals surface area (Å²) in [4.78, 5) is 42.5. The van der Waals surface area contributed by atoms with Crippen LogP contribution in [0.3, 0.4) is 0 Å². The van der Waals surface area contributed by atoms with Gasteiger partial charge < -0.3 is 9.15 Å². The molecule has 2 aromatic carbocycles. The number of nitrogens with zero attached hydrogens (tertiary/aromatic N) is 2. The predicted molar refractivity (Wildman–Crippen MR) is 123 cm³/mol. The van der Waals surface area contributed by atoms with E-state index in [1.165, 1.54) is 10.5 Å². The molecule has 5 rings (SSSR count). The van der Waals surface area contributed by atoms with E-state index >= 15 is 0 Å². The number of hydrogen-bond donors (Lipinski definition) is 0. The molecule has 33 heavy (non-hydrogen) atoms. The Bertz CT molecular complexity index is 1630. The van der Waals surface area contributed by atoms with Crippen LogP contribution in [0.2, 0.25) is 0 Å². The van der Waals surface area contributed by atoms with E-state index in [9.17, 15) is 14.4 Å². The van der Waals surface area contributed by atoms with Gasteiger partial charge in [0.1, 0.15) is 23.6 Å². The largest absolute Gasteiger partial charge is 0.455 e. The summed E-state index contributed by atoms with van der Waals surface area (Å²) in [7, 11) is 0. The van der Waals surface area contributed by atoms with Gasteiger partial charge in [-0.2, -0.15) is 0 Å². The smallest absolute Gasteiger partial charge is 0.342 e. The third-order valence-corrected chi connectivity index (χ3v) is 5.38. The number of para-hydroxylation sites is 1. The highest BCUT2D eigenvalue weighted by Gasteiger charge is 2.19. The maximum atomic E-state index is 13.0. The lowest BCUT2D eigenvalue weighted by molar-refractivity contribution is 0.0468. The first-order chi connectivity index (χ1) is 16.0. The zero-order chi connectivity index (χ0) is 22.9. The van der Waals surface area contributed by atoms with Gasteiger partial charge in [0, 0.05) is 23.4 Å². The van der Waals surface area contributed by atoms with E-state index in [1.54, 1.807) is 49.5 Å². The lowest BCUT2D eigenvalue weighted by Gasteiger charge is -2.10. The zero-order valence-electron chi connectivity index (χ0n) is 17.6. The average Bonchev–Trinajstić information content (AvgIpc) is 2.85. The lowest BCUT2D eigenvalue weighted by atomic mass is 10.0. The Labute approximate surface area is 187 Å². The Kier molecular flexibility index (Phi) is 5.06. The molecule has 7 nitrogen and oxygen atoms in total. The minimum Gasteiger partial charge on any atom is -0.455 e. The first-order valence-corrected chi connectivity index (χ1v) is 10.3. The number of rotatable bonds is 4. The van der Waals surface area contributed by atoms with E-state index in [1.807, 2.05) is 30.3 Å². The Hall–Kier alpha value is -4.52. The molecule has 5 aromatic rings. The van der Waals surface area contributed by atoms with E-state index in [0.29, 0.717) is 28.1 Å². The van der Waals surface area contributed by atoms with E-state index < -0.39 is 5.97 Å². The molecule has 0 aliphatic heterocycles. The minimum atomic E-state index is -0.679. The molecule has 0 aliphatic carbocycles. The van der Waals surface area contributed by atoms with Gasteiger partial charge in [-0.1, -0.05) is 42.5 Å². The zero-order valence-corrected chi connectivity index (χ0v) is 17.6. The summed E-state index contributed by atoms with van der Waals surface area (Å²) in [6.45, 7) is 1.50. The van der Waals surface area contributed by atoms with Crippen LogP contribution >= 0.6 is 0 Å². The molecule has 0 fully saturated rings. The second kappa shape index (κ2) is 8.20. The number of carbonyl (C=O) groups excluding carboxylic acids is 1. The fourth-order valence-electron chi connectivity index (χ4n) is 3.73. The van der Waals surface area contributed by atoms with Crippen molar-refractivity contribution in [2.45, 2.75) is 13.5 Å². The summed E-state index contributed by atoms with van der Waals surface area (Å²) in [5.74, 6) is -0.278. The normalized spacial score (nSPS) is 11.1. The van der Waals surface area contributed by atoms with Crippen molar-refractivity contribution in [1.29, 1.82) is 0 Å². The van der Waals surface area contributed by atoms with Crippen LogP contribution in [0.4, 0.5) is 0 Å². The molecule has 3 heterocycles. The minimum absolute atomic E-state index is 0.124. The van der Waals surface area contributed by atoms with Crippen LogP contribution in [0.5, 0.6) is 0 Å². The second-order valence-corrected chi connectivity index (χ2v) is 7.52. The van der Waals surface area contributed by atoms with Gasteiger partial charge in [-0.05, 0) is 31.2 Å². The van der Waals surface area contributed by atoms with Gasteiger partial charge in [-0.3, -0.25) is 14.0 Å². The molecule has 0 spiro atoms. The molecule has 0 saturated carbocycles. The highest BCUT2D eigenvalue weighted by molar-refractivity contribution is 6.02. The number of pyridine rings is 1. The van der Waals surface area contributed by atoms with Crippen molar-refractivity contribution in [3.8, 4) is 11.3 Å². The molecule has 0 bridgehead atoms. The van der Waals surface area contributed by atoms with Gasteiger partial charge in [0.05, 0.1) is 11.1 Å². The van der Waals surface area contributed by atoms with E-state index in [2.05, 4.69) is 4.98 Å². The monoisotopic (exact) mass is 438 g/mol. The summed E-state index contributed by atoms with van der Waals surface area (Å²) in [5.41, 5.74) is 1.76. The topological polar surface area (TPSA) is 90.9 Å². The van der Waals surface area contributed by atoms with Crippen LogP contribution in [-0.2, 0) is 11.3 Å². The molecule has 0 N–H and O–H groups in total. The van der Waals surface area contributed by atoms with Gasteiger partial charge >= 0.3 is 5.97 Å². The Morgan fingerprint density at radius 3 is 2.61 bits per heavy atom. The van der Waals surface area contributed by atoms with Crippen LogP contribution in [0, 0.1) is 6.92 Å². The number of hydrogen-bond acceptors (Lipinski definition) is 6. The van der Waals surface area contributed by atoms with E-state index in [-0.39, 0.29) is 28.7 Å². The third-order valence-electron chi connectivity index (χ3n) is 5.38. The maximum Gasteiger partial charge on any atom is 0.342 e. The molecule has 0 radical (unpaired) electrons. The highest BCUT2D eigenvalue weighted by atomic mass is 16.5. The fraction of sp³-hybridized carbons (Fsp3) is 0.0769. The first kappa shape index (κ1) is 20.4. The van der Waals surface area contributed by atoms with Gasteiger partial charge in [-0.15, -0.1) is 0 Å². The Morgan fingerprint density at radius 1 is 1.00 bits per heavy atom. The quantitative estimate of drug-likeness (QED) is 0.392. The van der Waals surface area contributed by atoms with Crippen LogP contribution < -0.4 is 11.0 Å². The number of ether oxygens (including phenoxy) is 1. The Balaban J connectivity index is 1.52. The molecule has 0 saturated heterocycles. The predicted octanol–water partition coefficient (Wildman–Crippen LogP) is 4.13. The van der Waals surface area contributed by atoms with Crippen molar-refractivity contribution in [2.24, 2.45) is 0 Å². The van der Waals surface area contributed by atoms with Crippen molar-refractivity contribution in [2.75, 3.05) is 0 Å². The summed E-state index contributed by atoms with van der Waals surface area (Å²) in [6, 6.07) is 20.5. The molecular formula is C26H18N2O5. The molecule has 162 valence electrons. The summed E-state index contributed by atoms with van der Waals surface area (Å²) >= 11 is 0. The molecule has 0 unspecified atom stereocenters. The van der Waals surface area contributed by atoms with Crippen molar-refractivity contribution < 1.29 is 13.9 Å². The van der Waals surface area contributed by atoms with Crippen molar-refractivity contribution in [3.05, 3.63) is 116 Å².